The fraction of sp³-hybridized carbons (Fsp3) is 0.105. The number of ether oxygens (including phenoxy) is 1. The van der Waals surface area contributed by atoms with Gasteiger partial charge in [0.25, 0.3) is 11.1 Å². The van der Waals surface area contributed by atoms with Crippen LogP contribution in [0.1, 0.15) is 0 Å². The Hall–Kier alpha value is -3.26. The van der Waals surface area contributed by atoms with Crippen molar-refractivity contribution in [3.63, 3.8) is 0 Å². The lowest BCUT2D eigenvalue weighted by molar-refractivity contribution is -0.113. The molecule has 7 nitrogen and oxygen atoms in total. The summed E-state index contributed by atoms with van der Waals surface area (Å²) >= 11 is 1.19. The Balaban J connectivity index is 1.38. The largest absolute Gasteiger partial charge is 0.497 e. The highest BCUT2D eigenvalue weighted by Crippen LogP contribution is 2.29. The van der Waals surface area contributed by atoms with Crippen molar-refractivity contribution in [1.29, 1.82) is 0 Å². The van der Waals surface area contributed by atoms with Gasteiger partial charge in [-0.1, -0.05) is 30.0 Å². The van der Waals surface area contributed by atoms with E-state index in [1.807, 2.05) is 30.5 Å². The van der Waals surface area contributed by atoms with E-state index < -0.39 is 0 Å². The fourth-order valence-corrected chi connectivity index (χ4v) is 3.19. The van der Waals surface area contributed by atoms with Crippen LogP contribution in [0.3, 0.4) is 0 Å². The Morgan fingerprint density at radius 1 is 1.19 bits per heavy atom. The number of hydrogen-bond donors (Lipinski definition) is 2. The molecule has 0 aliphatic rings. The molecule has 0 atom stereocenters. The normalized spacial score (nSPS) is 10.9. The zero-order valence-corrected chi connectivity index (χ0v) is 15.2. The van der Waals surface area contributed by atoms with Crippen molar-refractivity contribution in [2.45, 2.75) is 5.22 Å². The molecule has 0 radical (unpaired) electrons. The highest BCUT2D eigenvalue weighted by molar-refractivity contribution is 7.99. The van der Waals surface area contributed by atoms with Gasteiger partial charge in [-0.25, -0.2) is 0 Å². The highest BCUT2D eigenvalue weighted by atomic mass is 32.2. The molecular formula is C19H16N4O3S. The van der Waals surface area contributed by atoms with Crippen LogP contribution in [0.2, 0.25) is 0 Å². The van der Waals surface area contributed by atoms with Gasteiger partial charge in [0, 0.05) is 22.8 Å². The first-order valence-electron chi connectivity index (χ1n) is 8.19. The summed E-state index contributed by atoms with van der Waals surface area (Å²) in [6.45, 7) is 0. The standard InChI is InChI=1S/C19H16N4O3S/c1-25-13-8-6-12(7-9-13)21-17(24)11-27-19-23-22-18(26-19)15-10-20-16-5-3-2-4-14(15)16/h2-10,20H,11H2,1H3,(H,21,24). The third-order valence-electron chi connectivity index (χ3n) is 3.93. The smallest absolute Gasteiger partial charge is 0.277 e. The first-order valence-corrected chi connectivity index (χ1v) is 9.18. The van der Waals surface area contributed by atoms with Gasteiger partial charge in [-0.3, -0.25) is 4.79 Å². The summed E-state index contributed by atoms with van der Waals surface area (Å²) in [5.74, 6) is 1.17. The number of fused-ring (bicyclic) bond motifs is 1. The van der Waals surface area contributed by atoms with Crippen LogP contribution in [-0.2, 0) is 4.79 Å². The number of nitrogens with zero attached hydrogens (tertiary/aromatic N) is 2. The summed E-state index contributed by atoms with van der Waals surface area (Å²) < 4.78 is 10.8. The minimum Gasteiger partial charge on any atom is -0.497 e. The maximum absolute atomic E-state index is 12.1. The highest BCUT2D eigenvalue weighted by Gasteiger charge is 2.14. The van der Waals surface area contributed by atoms with Gasteiger partial charge in [0.2, 0.25) is 5.91 Å². The number of aromatic amines is 1. The van der Waals surface area contributed by atoms with Crippen molar-refractivity contribution in [1.82, 2.24) is 15.2 Å². The van der Waals surface area contributed by atoms with Crippen molar-refractivity contribution in [2.75, 3.05) is 18.2 Å². The topological polar surface area (TPSA) is 93.0 Å². The number of nitrogens with one attached hydrogen (secondary N) is 2. The Labute approximate surface area is 159 Å². The van der Waals surface area contributed by atoms with Gasteiger partial charge in [-0.2, -0.15) is 0 Å². The summed E-state index contributed by atoms with van der Waals surface area (Å²) in [6.07, 6.45) is 1.84. The average Bonchev–Trinajstić information content (AvgIpc) is 3.33. The molecule has 0 spiro atoms. The van der Waals surface area contributed by atoms with E-state index in [4.69, 9.17) is 9.15 Å². The van der Waals surface area contributed by atoms with Gasteiger partial charge < -0.3 is 19.5 Å². The number of hydrogen-bond acceptors (Lipinski definition) is 6. The summed E-state index contributed by atoms with van der Waals surface area (Å²) in [5, 5.41) is 12.3. The van der Waals surface area contributed by atoms with Gasteiger partial charge in [0.15, 0.2) is 0 Å². The van der Waals surface area contributed by atoms with Gasteiger partial charge in [-0.05, 0) is 30.3 Å². The monoisotopic (exact) mass is 380 g/mol. The number of carbonyl (C=O) groups is 1. The van der Waals surface area contributed by atoms with Crippen LogP contribution >= 0.6 is 11.8 Å². The van der Waals surface area contributed by atoms with Crippen LogP contribution < -0.4 is 10.1 Å². The lowest BCUT2D eigenvalue weighted by Crippen LogP contribution is -2.13. The zero-order valence-electron chi connectivity index (χ0n) is 14.4. The van der Waals surface area contributed by atoms with E-state index >= 15 is 0 Å². The number of carbonyl (C=O) groups excluding carboxylic acids is 1. The second-order valence-corrected chi connectivity index (χ2v) is 6.61. The van der Waals surface area contributed by atoms with Gasteiger partial charge >= 0.3 is 0 Å². The maximum atomic E-state index is 12.1. The summed E-state index contributed by atoms with van der Waals surface area (Å²) in [7, 11) is 1.60. The molecule has 0 saturated heterocycles. The van der Waals surface area contributed by atoms with Crippen LogP contribution in [0.4, 0.5) is 5.69 Å². The Morgan fingerprint density at radius 3 is 2.81 bits per heavy atom. The molecule has 2 aromatic heterocycles. The third-order valence-corrected chi connectivity index (χ3v) is 4.75. The van der Waals surface area contributed by atoms with Crippen LogP contribution in [-0.4, -0.2) is 34.0 Å². The number of anilines is 1. The van der Waals surface area contributed by atoms with Gasteiger partial charge in [0.05, 0.1) is 18.4 Å². The molecule has 136 valence electrons. The SMILES string of the molecule is COc1ccc(NC(=O)CSc2nnc(-c3c[nH]c4ccccc34)o2)cc1. The Morgan fingerprint density at radius 2 is 2.00 bits per heavy atom. The minimum absolute atomic E-state index is 0.156. The van der Waals surface area contributed by atoms with Crippen molar-refractivity contribution >= 4 is 34.3 Å². The van der Waals surface area contributed by atoms with Crippen molar-refractivity contribution in [2.24, 2.45) is 0 Å². The van der Waals surface area contributed by atoms with Gasteiger partial charge in [0.1, 0.15) is 5.75 Å². The number of thioether (sulfide) groups is 1. The molecule has 2 N–H and O–H groups in total. The second kappa shape index (κ2) is 7.55. The number of para-hydroxylation sites is 1. The first kappa shape index (κ1) is 17.2. The van der Waals surface area contributed by atoms with E-state index in [0.29, 0.717) is 16.8 Å². The molecule has 2 heterocycles. The lowest BCUT2D eigenvalue weighted by Gasteiger charge is -2.05. The molecule has 27 heavy (non-hydrogen) atoms. The van der Waals surface area contributed by atoms with Crippen LogP contribution in [0.15, 0.2) is 64.4 Å². The molecule has 0 aliphatic heterocycles. The van der Waals surface area contributed by atoms with E-state index in [-0.39, 0.29) is 11.7 Å². The molecule has 4 aromatic rings. The van der Waals surface area contributed by atoms with E-state index in [9.17, 15) is 4.79 Å². The van der Waals surface area contributed by atoms with Crippen molar-refractivity contribution < 1.29 is 13.9 Å². The first-order chi connectivity index (χ1) is 13.2. The van der Waals surface area contributed by atoms with Crippen molar-refractivity contribution in [3.05, 3.63) is 54.7 Å². The number of amides is 1. The summed E-state index contributed by atoms with van der Waals surface area (Å²) in [6, 6.07) is 15.0. The quantitative estimate of drug-likeness (QED) is 0.492. The molecule has 0 bridgehead atoms. The molecular weight excluding hydrogens is 364 g/mol. The van der Waals surface area contributed by atoms with E-state index in [1.165, 1.54) is 11.8 Å². The van der Waals surface area contributed by atoms with E-state index in [2.05, 4.69) is 20.5 Å². The zero-order chi connectivity index (χ0) is 18.6. The fourth-order valence-electron chi connectivity index (χ4n) is 2.62. The Kier molecular flexibility index (Phi) is 4.80. The number of methoxy groups -OCH3 is 1. The molecule has 0 saturated carbocycles. The minimum atomic E-state index is -0.156. The number of benzene rings is 2. The summed E-state index contributed by atoms with van der Waals surface area (Å²) in [4.78, 5) is 15.3. The maximum Gasteiger partial charge on any atom is 0.277 e. The van der Waals surface area contributed by atoms with Crippen LogP contribution in [0, 0.1) is 0 Å². The predicted octanol–water partition coefficient (Wildman–Crippen LogP) is 3.96. The Bertz CT molecular complexity index is 1070. The average molecular weight is 380 g/mol. The molecule has 8 heteroatoms. The molecule has 2 aromatic carbocycles. The molecule has 0 aliphatic carbocycles. The number of rotatable bonds is 6. The molecule has 0 unspecified atom stereocenters. The number of aromatic nitrogens is 3. The summed E-state index contributed by atoms with van der Waals surface area (Å²) in [5.41, 5.74) is 2.54. The molecule has 1 amide bonds. The van der Waals surface area contributed by atoms with Crippen LogP contribution in [0.25, 0.3) is 22.4 Å². The van der Waals surface area contributed by atoms with Gasteiger partial charge in [-0.15, -0.1) is 10.2 Å². The van der Waals surface area contributed by atoms with Crippen molar-refractivity contribution in [3.8, 4) is 17.2 Å². The lowest BCUT2D eigenvalue weighted by atomic mass is 10.2. The third kappa shape index (κ3) is 3.80. The predicted molar refractivity (Wildman–Crippen MR) is 104 cm³/mol. The van der Waals surface area contributed by atoms with E-state index in [1.54, 1.807) is 31.4 Å². The second-order valence-electron chi connectivity index (χ2n) is 5.69. The van der Waals surface area contributed by atoms with Crippen LogP contribution in [0.5, 0.6) is 5.75 Å². The molecule has 0 fully saturated rings. The molecule has 4 rings (SSSR count). The van der Waals surface area contributed by atoms with E-state index in [0.717, 1.165) is 22.2 Å². The number of H-pyrrole nitrogens is 1.